The summed E-state index contributed by atoms with van der Waals surface area (Å²) in [6, 6.07) is 18.0. The molecular formula is C32H29F2IO6. The standard InChI is InChI=1S/C16H14FIO3.C16H15FO3/c1-9-6-10(4-5-11(9)16(19)21-3)12-7-14(18)15(20-2)8-13(12)17;1-10-8-11(4-6-13(10)16(18)20-3)14-7-5-12(19-2)9-15(14)17/h4-8H,1-3H3;4-9H,1-3H3. The van der Waals surface area contributed by atoms with Crippen LogP contribution in [0.25, 0.3) is 22.3 Å². The number of hydrogen-bond acceptors (Lipinski definition) is 6. The van der Waals surface area contributed by atoms with Crippen LogP contribution in [-0.2, 0) is 9.47 Å². The number of rotatable bonds is 6. The summed E-state index contributed by atoms with van der Waals surface area (Å²) in [5.74, 6) is -0.561. The lowest BCUT2D eigenvalue weighted by Crippen LogP contribution is -2.03. The summed E-state index contributed by atoms with van der Waals surface area (Å²) in [5.41, 5.74) is 4.78. The first-order chi connectivity index (χ1) is 19.5. The Kier molecular flexibility index (Phi) is 10.8. The molecule has 214 valence electrons. The molecule has 0 N–H and O–H groups in total. The van der Waals surface area contributed by atoms with Gasteiger partial charge in [0.1, 0.15) is 23.1 Å². The predicted octanol–water partition coefficient (Wildman–Crippen LogP) is 7.80. The largest absolute Gasteiger partial charge is 0.497 e. The van der Waals surface area contributed by atoms with Gasteiger partial charge >= 0.3 is 11.9 Å². The van der Waals surface area contributed by atoms with E-state index in [1.54, 1.807) is 68.4 Å². The number of aryl methyl sites for hydroxylation is 2. The van der Waals surface area contributed by atoms with E-state index in [-0.39, 0.29) is 11.6 Å². The molecule has 4 aromatic rings. The molecule has 4 aromatic carbocycles. The SMILES string of the molecule is COC(=O)c1ccc(-c2cc(I)c(OC)cc2F)cc1C.COC(=O)c1ccc(-c2ccc(OC)cc2F)cc1C. The molecule has 0 fully saturated rings. The van der Waals surface area contributed by atoms with Crippen molar-refractivity contribution < 1.29 is 37.3 Å². The van der Waals surface area contributed by atoms with Crippen LogP contribution in [0.15, 0.2) is 66.7 Å². The van der Waals surface area contributed by atoms with Crippen molar-refractivity contribution in [2.45, 2.75) is 13.8 Å². The highest BCUT2D eigenvalue weighted by atomic mass is 127. The molecule has 9 heteroatoms. The van der Waals surface area contributed by atoms with E-state index in [4.69, 9.17) is 14.2 Å². The van der Waals surface area contributed by atoms with Crippen LogP contribution < -0.4 is 9.47 Å². The first-order valence-corrected chi connectivity index (χ1v) is 13.4. The minimum Gasteiger partial charge on any atom is -0.497 e. The third kappa shape index (κ3) is 7.40. The van der Waals surface area contributed by atoms with Crippen LogP contribution in [0, 0.1) is 29.1 Å². The van der Waals surface area contributed by atoms with Gasteiger partial charge in [-0.2, -0.15) is 0 Å². The highest BCUT2D eigenvalue weighted by molar-refractivity contribution is 14.1. The third-order valence-electron chi connectivity index (χ3n) is 6.30. The van der Waals surface area contributed by atoms with Crippen molar-refractivity contribution in [3.8, 4) is 33.8 Å². The lowest BCUT2D eigenvalue weighted by atomic mass is 9.99. The van der Waals surface area contributed by atoms with E-state index in [1.165, 1.54) is 40.6 Å². The van der Waals surface area contributed by atoms with E-state index >= 15 is 0 Å². The first kappa shape index (κ1) is 31.5. The summed E-state index contributed by atoms with van der Waals surface area (Å²) in [7, 11) is 5.66. The quantitative estimate of drug-likeness (QED) is 0.154. The number of benzene rings is 4. The van der Waals surface area contributed by atoms with Gasteiger partial charge in [-0.1, -0.05) is 24.3 Å². The fourth-order valence-electron chi connectivity index (χ4n) is 4.10. The van der Waals surface area contributed by atoms with Crippen LogP contribution in [0.1, 0.15) is 31.8 Å². The number of halogens is 3. The maximum absolute atomic E-state index is 14.2. The second kappa shape index (κ2) is 14.1. The van der Waals surface area contributed by atoms with Gasteiger partial charge < -0.3 is 18.9 Å². The third-order valence-corrected chi connectivity index (χ3v) is 7.15. The molecule has 0 bridgehead atoms. The topological polar surface area (TPSA) is 71.1 Å². The maximum Gasteiger partial charge on any atom is 0.338 e. The molecular weight excluding hydrogens is 645 g/mol. The number of hydrogen-bond donors (Lipinski definition) is 0. The second-order valence-electron chi connectivity index (χ2n) is 8.85. The van der Waals surface area contributed by atoms with Gasteiger partial charge in [0.15, 0.2) is 0 Å². The normalized spacial score (nSPS) is 10.3. The molecule has 0 saturated heterocycles. The van der Waals surface area contributed by atoms with E-state index in [2.05, 4.69) is 27.3 Å². The Hall–Kier alpha value is -3.99. The Balaban J connectivity index is 0.000000226. The first-order valence-electron chi connectivity index (χ1n) is 12.3. The summed E-state index contributed by atoms with van der Waals surface area (Å²) >= 11 is 2.10. The molecule has 0 atom stereocenters. The summed E-state index contributed by atoms with van der Waals surface area (Å²) in [4.78, 5) is 23.1. The van der Waals surface area contributed by atoms with Gasteiger partial charge in [-0.15, -0.1) is 0 Å². The van der Waals surface area contributed by atoms with Crippen LogP contribution in [-0.4, -0.2) is 40.4 Å². The number of esters is 2. The number of carbonyl (C=O) groups is 2. The molecule has 0 heterocycles. The monoisotopic (exact) mass is 674 g/mol. The Morgan fingerprint density at radius 2 is 1.15 bits per heavy atom. The van der Waals surface area contributed by atoms with Gasteiger partial charge in [-0.25, -0.2) is 18.4 Å². The molecule has 6 nitrogen and oxygen atoms in total. The highest BCUT2D eigenvalue weighted by Crippen LogP contribution is 2.32. The molecule has 0 unspecified atom stereocenters. The fourth-order valence-corrected chi connectivity index (χ4v) is 4.79. The van der Waals surface area contributed by atoms with Crippen molar-refractivity contribution in [2.24, 2.45) is 0 Å². The molecule has 4 rings (SSSR count). The van der Waals surface area contributed by atoms with Crippen molar-refractivity contribution in [3.05, 3.63) is 104 Å². The van der Waals surface area contributed by atoms with Gasteiger partial charge in [0.25, 0.3) is 0 Å². The average molecular weight is 674 g/mol. The Morgan fingerprint density at radius 3 is 1.59 bits per heavy atom. The summed E-state index contributed by atoms with van der Waals surface area (Å²) in [5, 5.41) is 0. The molecule has 0 amide bonds. The van der Waals surface area contributed by atoms with E-state index in [0.717, 1.165) is 14.7 Å². The molecule has 0 spiro atoms. The number of methoxy groups -OCH3 is 4. The van der Waals surface area contributed by atoms with Gasteiger partial charge in [0.2, 0.25) is 0 Å². The molecule has 0 aliphatic carbocycles. The zero-order valence-corrected chi connectivity index (χ0v) is 25.6. The van der Waals surface area contributed by atoms with E-state index < -0.39 is 11.9 Å². The van der Waals surface area contributed by atoms with Gasteiger partial charge in [0, 0.05) is 23.3 Å². The smallest absolute Gasteiger partial charge is 0.338 e. The van der Waals surface area contributed by atoms with E-state index in [1.807, 2.05) is 0 Å². The van der Waals surface area contributed by atoms with Crippen LogP contribution in [0.2, 0.25) is 0 Å². The van der Waals surface area contributed by atoms with Crippen molar-refractivity contribution in [1.82, 2.24) is 0 Å². The fraction of sp³-hybridized carbons (Fsp3) is 0.188. The molecule has 0 aliphatic rings. The van der Waals surface area contributed by atoms with Crippen LogP contribution in [0.3, 0.4) is 0 Å². The van der Waals surface area contributed by atoms with Crippen molar-refractivity contribution in [2.75, 3.05) is 28.4 Å². The molecule has 0 aliphatic heterocycles. The maximum atomic E-state index is 14.2. The molecule has 0 saturated carbocycles. The predicted molar refractivity (Wildman–Crippen MR) is 162 cm³/mol. The van der Waals surface area contributed by atoms with Gasteiger partial charge in [0.05, 0.1) is 43.1 Å². The number of ether oxygens (including phenoxy) is 4. The summed E-state index contributed by atoms with van der Waals surface area (Å²) in [6.45, 7) is 3.58. The zero-order chi connectivity index (χ0) is 30.3. The lowest BCUT2D eigenvalue weighted by molar-refractivity contribution is 0.0591. The van der Waals surface area contributed by atoms with E-state index in [9.17, 15) is 18.4 Å². The summed E-state index contributed by atoms with van der Waals surface area (Å²) < 4.78 is 48.5. The average Bonchev–Trinajstić information content (AvgIpc) is 2.97. The Labute approximate surface area is 251 Å². The minimum absolute atomic E-state index is 0.363. The molecule has 41 heavy (non-hydrogen) atoms. The lowest BCUT2D eigenvalue weighted by Gasteiger charge is -2.10. The molecule has 0 aromatic heterocycles. The van der Waals surface area contributed by atoms with Crippen LogP contribution in [0.5, 0.6) is 11.5 Å². The van der Waals surface area contributed by atoms with Crippen molar-refractivity contribution >= 4 is 34.5 Å². The van der Waals surface area contributed by atoms with Crippen molar-refractivity contribution in [3.63, 3.8) is 0 Å². The van der Waals surface area contributed by atoms with Crippen LogP contribution >= 0.6 is 22.6 Å². The minimum atomic E-state index is -0.399. The van der Waals surface area contributed by atoms with E-state index in [0.29, 0.717) is 44.9 Å². The van der Waals surface area contributed by atoms with Gasteiger partial charge in [-0.05, 0) is 89.0 Å². The molecule has 0 radical (unpaired) electrons. The zero-order valence-electron chi connectivity index (χ0n) is 23.4. The highest BCUT2D eigenvalue weighted by Gasteiger charge is 2.15. The number of carbonyl (C=O) groups excluding carboxylic acids is 2. The Morgan fingerprint density at radius 1 is 0.634 bits per heavy atom. The Bertz CT molecular complexity index is 1590. The van der Waals surface area contributed by atoms with Gasteiger partial charge in [-0.3, -0.25) is 0 Å². The summed E-state index contributed by atoms with van der Waals surface area (Å²) in [6.07, 6.45) is 0. The second-order valence-corrected chi connectivity index (χ2v) is 10.0. The van der Waals surface area contributed by atoms with Crippen LogP contribution in [0.4, 0.5) is 8.78 Å². The van der Waals surface area contributed by atoms with Crippen molar-refractivity contribution in [1.29, 1.82) is 0 Å².